The summed E-state index contributed by atoms with van der Waals surface area (Å²) in [6, 6.07) is -0.210. The van der Waals surface area contributed by atoms with E-state index in [0.717, 1.165) is 12.1 Å². The molecule has 0 aliphatic rings. The van der Waals surface area contributed by atoms with Crippen molar-refractivity contribution in [2.75, 3.05) is 51.1 Å². The SMILES string of the molecule is CCC(C)C(NC(=O)CNC(=O)C(CCCCN)NC(=O)CNC(=O)[C@H](CCC(=O)NCCCCNc1ccc([N+](=O)[O-])cc1[N+](=O)[O-])NC(=O)CN)C(=O)NCC(N)=O. The number of rotatable bonds is 30. The Kier molecular flexibility index (Phi) is 24.1. The van der Waals surface area contributed by atoms with Crippen molar-refractivity contribution in [2.45, 2.75) is 83.3 Å². The standard InChI is InChI=1S/C35H57N13O12/c1-3-21(2)32(35(56)41-18-27(38)49)46-31(53)20-43-33(54)24(8-4-5-13-36)45-30(52)19-42-34(55)25(44-29(51)17-37)11-12-28(50)40-15-7-6-14-39-23-10-9-22(47(57)58)16-26(23)48(59)60/h9-10,16,21,24-25,32,39H,3-8,11-15,17-20,36-37H2,1-2H3,(H2,38,49)(H,40,50)(H,41,56)(H,42,55)(H,43,54)(H,44,51)(H,45,52)(H,46,53)/t21?,24?,25-,32?/m0/s1. The number of nitrogens with one attached hydrogen (secondary N) is 8. The van der Waals surface area contributed by atoms with Crippen molar-refractivity contribution < 1.29 is 48.2 Å². The number of nitrogens with zero attached hydrogens (tertiary/aromatic N) is 2. The van der Waals surface area contributed by atoms with Gasteiger partial charge in [-0.3, -0.25) is 58.6 Å². The summed E-state index contributed by atoms with van der Waals surface area (Å²) in [6.07, 6.45) is 2.07. The van der Waals surface area contributed by atoms with Gasteiger partial charge in [0.05, 0.1) is 42.1 Å². The number of nitro benzene ring substituents is 2. The number of nitro groups is 2. The van der Waals surface area contributed by atoms with Crippen LogP contribution in [-0.2, 0) is 38.4 Å². The summed E-state index contributed by atoms with van der Waals surface area (Å²) in [7, 11) is 0. The molecule has 1 rings (SSSR count). The number of primary amides is 1. The molecule has 0 aromatic heterocycles. The van der Waals surface area contributed by atoms with Gasteiger partial charge in [-0.2, -0.15) is 0 Å². The van der Waals surface area contributed by atoms with Crippen molar-refractivity contribution in [1.82, 2.24) is 37.2 Å². The van der Waals surface area contributed by atoms with Crippen LogP contribution in [0.3, 0.4) is 0 Å². The summed E-state index contributed by atoms with van der Waals surface area (Å²) in [4.78, 5) is 121. The molecule has 3 unspecified atom stereocenters. The molecular weight excluding hydrogens is 794 g/mol. The third-order valence-electron chi connectivity index (χ3n) is 8.82. The highest BCUT2D eigenvalue weighted by atomic mass is 16.6. The minimum atomic E-state index is -1.26. The highest BCUT2D eigenvalue weighted by Crippen LogP contribution is 2.28. The fourth-order valence-electron chi connectivity index (χ4n) is 5.32. The average Bonchev–Trinajstić information content (AvgIpc) is 3.21. The molecule has 8 amide bonds. The number of hydrogen-bond donors (Lipinski definition) is 11. The largest absolute Gasteiger partial charge is 0.379 e. The van der Waals surface area contributed by atoms with Gasteiger partial charge >= 0.3 is 0 Å². The van der Waals surface area contributed by atoms with Crippen LogP contribution in [0.15, 0.2) is 18.2 Å². The van der Waals surface area contributed by atoms with Gasteiger partial charge in [-0.15, -0.1) is 0 Å². The highest BCUT2D eigenvalue weighted by Gasteiger charge is 2.28. The molecule has 0 saturated carbocycles. The van der Waals surface area contributed by atoms with Gasteiger partial charge in [-0.25, -0.2) is 0 Å². The minimum absolute atomic E-state index is 0.0990. The number of carbonyl (C=O) groups is 8. The van der Waals surface area contributed by atoms with Crippen LogP contribution in [0.1, 0.15) is 65.2 Å². The van der Waals surface area contributed by atoms with Crippen LogP contribution in [-0.4, -0.2) is 121 Å². The number of unbranched alkanes of at least 4 members (excludes halogenated alkanes) is 2. The lowest BCUT2D eigenvalue weighted by molar-refractivity contribution is -0.393. The second kappa shape index (κ2) is 28.0. The number of benzene rings is 1. The Balaban J connectivity index is 2.70. The number of hydrogen-bond acceptors (Lipinski definition) is 15. The number of carbonyl (C=O) groups excluding carboxylic acids is 8. The summed E-state index contributed by atoms with van der Waals surface area (Å²) >= 11 is 0. The monoisotopic (exact) mass is 851 g/mol. The van der Waals surface area contributed by atoms with Crippen molar-refractivity contribution in [2.24, 2.45) is 23.1 Å². The maximum atomic E-state index is 13.1. The predicted octanol–water partition coefficient (Wildman–Crippen LogP) is -2.99. The summed E-state index contributed by atoms with van der Waals surface area (Å²) in [6.45, 7) is 2.19. The summed E-state index contributed by atoms with van der Waals surface area (Å²) in [5, 5.41) is 42.2. The first-order valence-corrected chi connectivity index (χ1v) is 19.3. The molecule has 1 aromatic rings. The van der Waals surface area contributed by atoms with Gasteiger partial charge in [-0.1, -0.05) is 20.3 Å². The van der Waals surface area contributed by atoms with Crippen LogP contribution in [0, 0.1) is 26.1 Å². The van der Waals surface area contributed by atoms with Crippen molar-refractivity contribution >= 4 is 64.3 Å². The van der Waals surface area contributed by atoms with Gasteiger partial charge in [-0.05, 0) is 57.1 Å². The summed E-state index contributed by atoms with van der Waals surface area (Å²) < 4.78 is 0. The Hall–Kier alpha value is -6.50. The zero-order valence-electron chi connectivity index (χ0n) is 33.7. The third-order valence-corrected chi connectivity index (χ3v) is 8.82. The normalized spacial score (nSPS) is 12.6. The molecule has 0 aliphatic heterocycles. The van der Waals surface area contributed by atoms with Gasteiger partial charge < -0.3 is 59.7 Å². The lowest BCUT2D eigenvalue weighted by Gasteiger charge is -2.24. The van der Waals surface area contributed by atoms with Gasteiger partial charge in [0, 0.05) is 25.6 Å². The Morgan fingerprint density at radius 2 is 1.27 bits per heavy atom. The molecule has 0 bridgehead atoms. The molecule has 0 radical (unpaired) electrons. The van der Waals surface area contributed by atoms with Crippen molar-refractivity contribution in [1.29, 1.82) is 0 Å². The molecule has 1 aromatic carbocycles. The molecule has 0 spiro atoms. The number of non-ortho nitro benzene ring substituents is 1. The molecular formula is C35H57N13O12. The third kappa shape index (κ3) is 20.3. The molecule has 25 nitrogen and oxygen atoms in total. The van der Waals surface area contributed by atoms with E-state index in [-0.39, 0.29) is 44.0 Å². The Morgan fingerprint density at radius 1 is 0.683 bits per heavy atom. The highest BCUT2D eigenvalue weighted by molar-refractivity contribution is 5.95. The smallest absolute Gasteiger partial charge is 0.299 e. The van der Waals surface area contributed by atoms with E-state index in [1.807, 2.05) is 0 Å². The lowest BCUT2D eigenvalue weighted by atomic mass is 9.98. The Morgan fingerprint density at radius 3 is 1.83 bits per heavy atom. The van der Waals surface area contributed by atoms with E-state index >= 15 is 0 Å². The van der Waals surface area contributed by atoms with E-state index in [1.165, 1.54) is 6.07 Å². The topological polar surface area (TPSA) is 397 Å². The van der Waals surface area contributed by atoms with Crippen molar-refractivity contribution in [3.05, 3.63) is 38.4 Å². The number of anilines is 1. The fourth-order valence-corrected chi connectivity index (χ4v) is 5.32. The van der Waals surface area contributed by atoms with Crippen LogP contribution < -0.4 is 59.7 Å². The van der Waals surface area contributed by atoms with Crippen LogP contribution in [0.4, 0.5) is 17.1 Å². The van der Waals surface area contributed by atoms with Crippen molar-refractivity contribution in [3.63, 3.8) is 0 Å². The number of amides is 8. The molecule has 14 N–H and O–H groups in total. The van der Waals surface area contributed by atoms with E-state index < -0.39 is 113 Å². The van der Waals surface area contributed by atoms with Crippen LogP contribution >= 0.6 is 0 Å². The molecule has 4 atom stereocenters. The molecule has 0 aliphatic carbocycles. The maximum absolute atomic E-state index is 13.1. The van der Waals surface area contributed by atoms with Crippen molar-refractivity contribution in [3.8, 4) is 0 Å². The first kappa shape index (κ1) is 51.5. The second-order valence-electron chi connectivity index (χ2n) is 13.5. The fraction of sp³-hybridized carbons (Fsp3) is 0.600. The second-order valence-corrected chi connectivity index (χ2v) is 13.5. The van der Waals surface area contributed by atoms with E-state index in [9.17, 15) is 58.6 Å². The first-order valence-electron chi connectivity index (χ1n) is 19.3. The molecule has 60 heavy (non-hydrogen) atoms. The van der Waals surface area contributed by atoms with E-state index in [0.29, 0.717) is 38.6 Å². The Labute approximate surface area is 345 Å². The van der Waals surface area contributed by atoms with Gasteiger partial charge in [0.15, 0.2) is 0 Å². The predicted molar refractivity (Wildman–Crippen MR) is 215 cm³/mol. The van der Waals surface area contributed by atoms with Crippen LogP contribution in [0.5, 0.6) is 0 Å². The van der Waals surface area contributed by atoms with E-state index in [4.69, 9.17) is 17.2 Å². The van der Waals surface area contributed by atoms with Gasteiger partial charge in [0.1, 0.15) is 23.8 Å². The minimum Gasteiger partial charge on any atom is -0.379 e. The molecule has 0 heterocycles. The quantitative estimate of drug-likeness (QED) is 0.0209. The zero-order chi connectivity index (χ0) is 45.2. The average molecular weight is 852 g/mol. The van der Waals surface area contributed by atoms with E-state index in [2.05, 4.69) is 42.5 Å². The van der Waals surface area contributed by atoms with E-state index in [1.54, 1.807) is 13.8 Å². The first-order chi connectivity index (χ1) is 28.4. The van der Waals surface area contributed by atoms with Crippen LogP contribution in [0.2, 0.25) is 0 Å². The molecule has 0 fully saturated rings. The maximum Gasteiger partial charge on any atom is 0.299 e. The summed E-state index contributed by atoms with van der Waals surface area (Å²) in [5.41, 5.74) is 15.3. The Bertz CT molecular complexity index is 1680. The molecule has 0 saturated heterocycles. The number of nitrogens with two attached hydrogens (primary N) is 3. The summed E-state index contributed by atoms with van der Waals surface area (Å²) in [5.74, 6) is -5.97. The van der Waals surface area contributed by atoms with Crippen LogP contribution in [0.25, 0.3) is 0 Å². The van der Waals surface area contributed by atoms with Gasteiger partial charge in [0.2, 0.25) is 47.3 Å². The zero-order valence-corrected chi connectivity index (χ0v) is 33.7. The lowest BCUT2D eigenvalue weighted by Crippen LogP contribution is -2.55. The molecule has 334 valence electrons. The molecule has 25 heteroatoms. The van der Waals surface area contributed by atoms with Gasteiger partial charge in [0.25, 0.3) is 11.4 Å².